The van der Waals surface area contributed by atoms with Crippen molar-refractivity contribution in [3.05, 3.63) is 0 Å². The number of carboxylic acid groups (broad SMARTS) is 1. The normalized spacial score (nSPS) is 19.1. The van der Waals surface area contributed by atoms with Gasteiger partial charge in [-0.2, -0.15) is 0 Å². The molecule has 0 saturated heterocycles. The molecule has 1 amide bonds. The molecule has 0 bridgehead atoms. The lowest BCUT2D eigenvalue weighted by molar-refractivity contribution is -0.154. The van der Waals surface area contributed by atoms with Crippen molar-refractivity contribution < 1.29 is 19.5 Å². The molecule has 0 aliphatic heterocycles. The summed E-state index contributed by atoms with van der Waals surface area (Å²) in [6, 6.07) is 0. The van der Waals surface area contributed by atoms with Crippen LogP contribution >= 0.6 is 0 Å². The fourth-order valence-corrected chi connectivity index (χ4v) is 2.02. The third kappa shape index (κ3) is 3.18. The Morgan fingerprint density at radius 3 is 2.44 bits per heavy atom. The van der Waals surface area contributed by atoms with Gasteiger partial charge in [0, 0.05) is 6.54 Å². The minimum absolute atomic E-state index is 0.273. The third-order valence-corrected chi connectivity index (χ3v) is 3.04. The van der Waals surface area contributed by atoms with Crippen LogP contribution in [0.1, 0.15) is 32.1 Å². The van der Waals surface area contributed by atoms with Crippen LogP contribution in [0.15, 0.2) is 0 Å². The Hall–Kier alpha value is -1.14. The van der Waals surface area contributed by atoms with Crippen LogP contribution in [-0.4, -0.2) is 30.1 Å². The third-order valence-electron chi connectivity index (χ3n) is 3.04. The van der Waals surface area contributed by atoms with E-state index in [1.54, 1.807) is 0 Å². The number of hydroxylamine groups is 1. The van der Waals surface area contributed by atoms with Gasteiger partial charge in [-0.25, -0.2) is 10.3 Å². The number of aliphatic carboxylic acids is 1. The summed E-state index contributed by atoms with van der Waals surface area (Å²) in [4.78, 5) is 26.6. The monoisotopic (exact) mass is 230 g/mol. The first-order valence-corrected chi connectivity index (χ1v) is 5.45. The second-order valence-corrected chi connectivity index (χ2v) is 4.16. The summed E-state index contributed by atoms with van der Waals surface area (Å²) < 4.78 is 0. The summed E-state index contributed by atoms with van der Waals surface area (Å²) >= 11 is 0. The van der Waals surface area contributed by atoms with E-state index in [0.717, 1.165) is 32.1 Å². The highest BCUT2D eigenvalue weighted by atomic mass is 16.7. The van der Waals surface area contributed by atoms with E-state index in [1.807, 2.05) is 0 Å². The fraction of sp³-hybridized carbons (Fsp3) is 0.800. The molecule has 92 valence electrons. The molecule has 1 aliphatic carbocycles. The predicted octanol–water partition coefficient (Wildman–Crippen LogP) is 0.0280. The number of nitrogens with one attached hydrogen (secondary N) is 1. The zero-order valence-electron chi connectivity index (χ0n) is 9.20. The highest BCUT2D eigenvalue weighted by Gasteiger charge is 2.38. The Morgan fingerprint density at radius 2 is 1.94 bits per heavy atom. The van der Waals surface area contributed by atoms with Gasteiger partial charge in [0.15, 0.2) is 6.61 Å². The van der Waals surface area contributed by atoms with Gasteiger partial charge in [-0.1, -0.05) is 19.3 Å². The maximum absolute atomic E-state index is 11.8. The molecule has 0 radical (unpaired) electrons. The largest absolute Gasteiger partial charge is 0.479 e. The smallest absolute Gasteiger partial charge is 0.332 e. The van der Waals surface area contributed by atoms with Crippen LogP contribution in [-0.2, 0) is 14.4 Å². The molecule has 0 spiro atoms. The molecule has 0 aromatic rings. The van der Waals surface area contributed by atoms with E-state index in [-0.39, 0.29) is 12.5 Å². The highest BCUT2D eigenvalue weighted by molar-refractivity contribution is 5.82. The Labute approximate surface area is 94.1 Å². The van der Waals surface area contributed by atoms with Gasteiger partial charge in [0.05, 0.1) is 5.41 Å². The number of carbonyl (C=O) groups excluding carboxylic acids is 1. The van der Waals surface area contributed by atoms with Gasteiger partial charge in [0.1, 0.15) is 0 Å². The van der Waals surface area contributed by atoms with Gasteiger partial charge >= 0.3 is 5.97 Å². The molecule has 1 fully saturated rings. The number of hydrogen-bond donors (Lipinski definition) is 3. The predicted molar refractivity (Wildman–Crippen MR) is 56.3 cm³/mol. The van der Waals surface area contributed by atoms with Crippen LogP contribution in [0.2, 0.25) is 0 Å². The minimum Gasteiger partial charge on any atom is -0.479 e. The molecule has 6 nitrogen and oxygen atoms in total. The van der Waals surface area contributed by atoms with Crippen LogP contribution < -0.4 is 11.2 Å². The van der Waals surface area contributed by atoms with Crippen LogP contribution in [0, 0.1) is 5.41 Å². The van der Waals surface area contributed by atoms with Crippen molar-refractivity contribution in [1.82, 2.24) is 5.48 Å². The molecule has 0 aromatic carbocycles. The molecule has 0 aromatic heterocycles. The summed E-state index contributed by atoms with van der Waals surface area (Å²) in [5.41, 5.74) is 7.24. The first-order valence-electron chi connectivity index (χ1n) is 5.45. The fourth-order valence-electron chi connectivity index (χ4n) is 2.02. The molecule has 16 heavy (non-hydrogen) atoms. The second kappa shape index (κ2) is 5.81. The van der Waals surface area contributed by atoms with E-state index in [4.69, 9.17) is 10.8 Å². The average Bonchev–Trinajstić information content (AvgIpc) is 2.29. The van der Waals surface area contributed by atoms with Crippen molar-refractivity contribution in [1.29, 1.82) is 0 Å². The van der Waals surface area contributed by atoms with Crippen molar-refractivity contribution in [3.8, 4) is 0 Å². The molecule has 6 heteroatoms. The van der Waals surface area contributed by atoms with Gasteiger partial charge < -0.3 is 10.8 Å². The van der Waals surface area contributed by atoms with Crippen LogP contribution in [0.25, 0.3) is 0 Å². The van der Waals surface area contributed by atoms with Crippen LogP contribution in [0.5, 0.6) is 0 Å². The van der Waals surface area contributed by atoms with Crippen molar-refractivity contribution in [2.75, 3.05) is 13.2 Å². The van der Waals surface area contributed by atoms with E-state index < -0.39 is 18.0 Å². The van der Waals surface area contributed by atoms with Gasteiger partial charge in [-0.3, -0.25) is 9.63 Å². The lowest BCUT2D eigenvalue weighted by Crippen LogP contribution is -2.47. The summed E-state index contributed by atoms with van der Waals surface area (Å²) in [5.74, 6) is -1.42. The Morgan fingerprint density at radius 1 is 1.31 bits per heavy atom. The maximum Gasteiger partial charge on any atom is 0.332 e. The maximum atomic E-state index is 11.8. The Balaban J connectivity index is 2.45. The van der Waals surface area contributed by atoms with E-state index in [1.165, 1.54) is 0 Å². The molecular weight excluding hydrogens is 212 g/mol. The topological polar surface area (TPSA) is 102 Å². The summed E-state index contributed by atoms with van der Waals surface area (Å²) in [6.45, 7) is -0.262. The van der Waals surface area contributed by atoms with Crippen LogP contribution in [0.4, 0.5) is 0 Å². The first kappa shape index (κ1) is 12.9. The van der Waals surface area contributed by atoms with Crippen LogP contribution in [0.3, 0.4) is 0 Å². The van der Waals surface area contributed by atoms with E-state index >= 15 is 0 Å². The molecule has 0 heterocycles. The van der Waals surface area contributed by atoms with Crippen molar-refractivity contribution in [3.63, 3.8) is 0 Å². The van der Waals surface area contributed by atoms with Gasteiger partial charge in [0.25, 0.3) is 5.91 Å². The zero-order valence-corrected chi connectivity index (χ0v) is 9.20. The molecular formula is C10H18N2O4. The number of carbonyl (C=O) groups is 2. The number of hydrogen-bond acceptors (Lipinski definition) is 4. The first-order chi connectivity index (χ1) is 7.60. The SMILES string of the molecule is NCC1(C(=O)NOCC(=O)O)CCCCC1. The van der Waals surface area contributed by atoms with E-state index in [9.17, 15) is 9.59 Å². The van der Waals surface area contributed by atoms with Gasteiger partial charge in [-0.15, -0.1) is 0 Å². The van der Waals surface area contributed by atoms with E-state index in [0.29, 0.717) is 0 Å². The Bertz CT molecular complexity index is 262. The lowest BCUT2D eigenvalue weighted by Gasteiger charge is -2.34. The quantitative estimate of drug-likeness (QED) is 0.578. The van der Waals surface area contributed by atoms with E-state index in [2.05, 4.69) is 10.3 Å². The Kier molecular flexibility index (Phi) is 4.70. The molecule has 0 atom stereocenters. The standard InChI is InChI=1S/C10H18N2O4/c11-7-10(4-2-1-3-5-10)9(15)12-16-6-8(13)14/h1-7,11H2,(H,12,15)(H,13,14). The summed E-state index contributed by atoms with van der Waals surface area (Å²) in [6.07, 6.45) is 4.55. The molecule has 1 aliphatic rings. The second-order valence-electron chi connectivity index (χ2n) is 4.16. The molecule has 1 rings (SSSR count). The summed E-state index contributed by atoms with van der Waals surface area (Å²) in [7, 11) is 0. The number of nitrogens with two attached hydrogens (primary N) is 1. The number of amides is 1. The van der Waals surface area contributed by atoms with Crippen molar-refractivity contribution in [2.45, 2.75) is 32.1 Å². The van der Waals surface area contributed by atoms with Gasteiger partial charge in [0.2, 0.25) is 0 Å². The zero-order chi connectivity index (χ0) is 12.0. The summed E-state index contributed by atoms with van der Waals surface area (Å²) in [5, 5.41) is 8.36. The highest BCUT2D eigenvalue weighted by Crippen LogP contribution is 2.35. The van der Waals surface area contributed by atoms with Crippen molar-refractivity contribution >= 4 is 11.9 Å². The minimum atomic E-state index is -1.12. The number of rotatable bonds is 5. The molecule has 0 unspecified atom stereocenters. The number of carboxylic acids is 1. The van der Waals surface area contributed by atoms with Crippen molar-refractivity contribution in [2.24, 2.45) is 11.1 Å². The molecule has 1 saturated carbocycles. The molecule has 4 N–H and O–H groups in total. The average molecular weight is 230 g/mol. The van der Waals surface area contributed by atoms with Gasteiger partial charge in [-0.05, 0) is 12.8 Å². The lowest BCUT2D eigenvalue weighted by atomic mass is 9.73.